The monoisotopic (exact) mass is 373 g/mol. The van der Waals surface area contributed by atoms with Gasteiger partial charge < -0.3 is 15.1 Å². The topological polar surface area (TPSA) is 79.1 Å². The van der Waals surface area contributed by atoms with Gasteiger partial charge in [0, 0.05) is 21.8 Å². The maximum absolute atomic E-state index is 11.7. The van der Waals surface area contributed by atoms with Gasteiger partial charge in [-0.3, -0.25) is 0 Å². The zero-order valence-corrected chi connectivity index (χ0v) is 16.1. The number of carboxylic acids is 1. The SMILES string of the molecule is COc1c(C(=O)O)cc(/C(CSc2ccccc2)=N\O)cc1C(C)(C)C. The van der Waals surface area contributed by atoms with Crippen LogP contribution in [0, 0.1) is 0 Å². The van der Waals surface area contributed by atoms with Crippen LogP contribution in [-0.4, -0.2) is 34.9 Å². The van der Waals surface area contributed by atoms with Crippen molar-refractivity contribution in [2.24, 2.45) is 5.16 Å². The summed E-state index contributed by atoms with van der Waals surface area (Å²) in [7, 11) is 1.46. The highest BCUT2D eigenvalue weighted by Gasteiger charge is 2.26. The number of oxime groups is 1. The average molecular weight is 373 g/mol. The summed E-state index contributed by atoms with van der Waals surface area (Å²) < 4.78 is 5.37. The Morgan fingerprint density at radius 3 is 2.35 bits per heavy atom. The van der Waals surface area contributed by atoms with Crippen molar-refractivity contribution in [3.05, 3.63) is 59.2 Å². The van der Waals surface area contributed by atoms with Crippen molar-refractivity contribution in [2.45, 2.75) is 31.1 Å². The molecule has 0 fully saturated rings. The summed E-state index contributed by atoms with van der Waals surface area (Å²) in [5.74, 6) is -0.334. The molecule has 0 aromatic heterocycles. The Labute approximate surface area is 157 Å². The Kier molecular flexibility index (Phi) is 6.32. The number of hydrogen-bond acceptors (Lipinski definition) is 5. The first-order valence-electron chi connectivity index (χ1n) is 8.13. The molecule has 2 N–H and O–H groups in total. The molecule has 0 aliphatic rings. The van der Waals surface area contributed by atoms with Crippen molar-refractivity contribution < 1.29 is 19.8 Å². The van der Waals surface area contributed by atoms with E-state index >= 15 is 0 Å². The van der Waals surface area contributed by atoms with Crippen LogP contribution in [0.1, 0.15) is 42.3 Å². The summed E-state index contributed by atoms with van der Waals surface area (Å²) in [6.07, 6.45) is 0. The molecule has 0 bridgehead atoms. The van der Waals surface area contributed by atoms with Crippen LogP contribution in [0.3, 0.4) is 0 Å². The molecule has 0 heterocycles. The average Bonchev–Trinajstić information content (AvgIpc) is 2.61. The molecule has 0 aliphatic carbocycles. The molecular formula is C20H23NO4S. The van der Waals surface area contributed by atoms with E-state index in [4.69, 9.17) is 4.74 Å². The molecule has 6 heteroatoms. The van der Waals surface area contributed by atoms with E-state index in [-0.39, 0.29) is 11.0 Å². The molecule has 5 nitrogen and oxygen atoms in total. The van der Waals surface area contributed by atoms with E-state index in [0.717, 1.165) is 10.5 Å². The van der Waals surface area contributed by atoms with Gasteiger partial charge in [0.2, 0.25) is 0 Å². The second-order valence-electron chi connectivity index (χ2n) is 6.81. The second kappa shape index (κ2) is 8.27. The predicted octanol–water partition coefficient (Wildman–Crippen LogP) is 4.66. The van der Waals surface area contributed by atoms with Gasteiger partial charge in [0.25, 0.3) is 0 Å². The molecule has 0 saturated heterocycles. The van der Waals surface area contributed by atoms with Crippen LogP contribution in [0.15, 0.2) is 52.5 Å². The van der Waals surface area contributed by atoms with E-state index in [1.165, 1.54) is 24.9 Å². The Bertz CT molecular complexity index is 811. The van der Waals surface area contributed by atoms with Crippen molar-refractivity contribution >= 4 is 23.4 Å². The molecule has 0 unspecified atom stereocenters. The Balaban J connectivity index is 2.46. The van der Waals surface area contributed by atoms with Gasteiger partial charge in [-0.05, 0) is 29.7 Å². The molecule has 138 valence electrons. The maximum Gasteiger partial charge on any atom is 0.339 e. The van der Waals surface area contributed by atoms with Crippen LogP contribution in [-0.2, 0) is 5.41 Å². The van der Waals surface area contributed by atoms with E-state index in [0.29, 0.717) is 22.8 Å². The minimum atomic E-state index is -1.08. The summed E-state index contributed by atoms with van der Waals surface area (Å²) >= 11 is 1.52. The summed E-state index contributed by atoms with van der Waals surface area (Å²) in [6, 6.07) is 13.1. The lowest BCUT2D eigenvalue weighted by Crippen LogP contribution is -2.18. The lowest BCUT2D eigenvalue weighted by atomic mass is 9.83. The van der Waals surface area contributed by atoms with Crippen LogP contribution in [0.4, 0.5) is 0 Å². The van der Waals surface area contributed by atoms with Gasteiger partial charge in [-0.2, -0.15) is 0 Å². The van der Waals surface area contributed by atoms with Gasteiger partial charge in [0.15, 0.2) is 0 Å². The molecule has 26 heavy (non-hydrogen) atoms. The van der Waals surface area contributed by atoms with Crippen molar-refractivity contribution in [3.8, 4) is 5.75 Å². The summed E-state index contributed by atoms with van der Waals surface area (Å²) in [5.41, 5.74) is 1.45. The van der Waals surface area contributed by atoms with E-state index < -0.39 is 5.97 Å². The number of carboxylic acid groups (broad SMARTS) is 1. The number of ether oxygens (including phenoxy) is 1. The third-order valence-corrected chi connectivity index (χ3v) is 4.93. The number of carbonyl (C=O) groups is 1. The fourth-order valence-electron chi connectivity index (χ4n) is 2.57. The quantitative estimate of drug-likeness (QED) is 0.333. The maximum atomic E-state index is 11.7. The molecule has 0 atom stereocenters. The van der Waals surface area contributed by atoms with Crippen molar-refractivity contribution in [2.75, 3.05) is 12.9 Å². The third-order valence-electron chi connectivity index (χ3n) is 3.90. The number of methoxy groups -OCH3 is 1. The Morgan fingerprint density at radius 1 is 1.19 bits per heavy atom. The van der Waals surface area contributed by atoms with Crippen LogP contribution in [0.5, 0.6) is 5.75 Å². The standard InChI is InChI=1S/C20H23NO4S/c1-20(2,3)16-11-13(10-15(19(22)23)18(16)25-4)17(21-24)12-26-14-8-6-5-7-9-14/h5-11,24H,12H2,1-4H3,(H,22,23)/b21-17-. The summed E-state index contributed by atoms with van der Waals surface area (Å²) in [6.45, 7) is 5.94. The molecule has 2 aromatic rings. The molecule has 0 radical (unpaired) electrons. The van der Waals surface area contributed by atoms with E-state index in [2.05, 4.69) is 5.16 Å². The fraction of sp³-hybridized carbons (Fsp3) is 0.300. The predicted molar refractivity (Wildman–Crippen MR) is 104 cm³/mol. The number of thioether (sulfide) groups is 1. The van der Waals surface area contributed by atoms with Crippen molar-refractivity contribution in [3.63, 3.8) is 0 Å². The minimum absolute atomic E-state index is 0.0563. The first-order valence-corrected chi connectivity index (χ1v) is 9.11. The molecule has 0 spiro atoms. The second-order valence-corrected chi connectivity index (χ2v) is 7.86. The number of rotatable bonds is 6. The van der Waals surface area contributed by atoms with Crippen LogP contribution < -0.4 is 4.74 Å². The molecule has 0 amide bonds. The van der Waals surface area contributed by atoms with Crippen LogP contribution in [0.2, 0.25) is 0 Å². The number of nitrogens with zero attached hydrogens (tertiary/aromatic N) is 1. The zero-order valence-electron chi connectivity index (χ0n) is 15.3. The summed E-state index contributed by atoms with van der Waals surface area (Å²) in [5, 5.41) is 22.5. The largest absolute Gasteiger partial charge is 0.496 e. The van der Waals surface area contributed by atoms with Crippen LogP contribution in [0.25, 0.3) is 0 Å². The third kappa shape index (κ3) is 4.58. The normalized spacial score (nSPS) is 12.1. The van der Waals surface area contributed by atoms with Gasteiger partial charge in [-0.15, -0.1) is 11.8 Å². The smallest absolute Gasteiger partial charge is 0.339 e. The van der Waals surface area contributed by atoms with Crippen LogP contribution >= 0.6 is 11.8 Å². The van der Waals surface area contributed by atoms with E-state index in [1.807, 2.05) is 57.2 Å². The summed E-state index contributed by atoms with van der Waals surface area (Å²) in [4.78, 5) is 12.8. The zero-order chi connectivity index (χ0) is 19.3. The number of hydrogen-bond donors (Lipinski definition) is 2. The van der Waals surface area contributed by atoms with Gasteiger partial charge >= 0.3 is 5.97 Å². The van der Waals surface area contributed by atoms with Crippen molar-refractivity contribution in [1.82, 2.24) is 0 Å². The van der Waals surface area contributed by atoms with Gasteiger partial charge in [-0.1, -0.05) is 44.1 Å². The van der Waals surface area contributed by atoms with E-state index in [9.17, 15) is 15.1 Å². The minimum Gasteiger partial charge on any atom is -0.496 e. The van der Waals surface area contributed by atoms with Gasteiger partial charge in [0.05, 0.1) is 12.8 Å². The lowest BCUT2D eigenvalue weighted by Gasteiger charge is -2.24. The van der Waals surface area contributed by atoms with Gasteiger partial charge in [0.1, 0.15) is 11.3 Å². The molecule has 0 aliphatic heterocycles. The van der Waals surface area contributed by atoms with Gasteiger partial charge in [-0.25, -0.2) is 4.79 Å². The highest BCUT2D eigenvalue weighted by Crippen LogP contribution is 2.36. The first kappa shape index (κ1) is 19.8. The van der Waals surface area contributed by atoms with Crippen molar-refractivity contribution in [1.29, 1.82) is 0 Å². The highest BCUT2D eigenvalue weighted by molar-refractivity contribution is 8.00. The number of aromatic carboxylic acids is 1. The Morgan fingerprint density at radius 2 is 1.85 bits per heavy atom. The highest BCUT2D eigenvalue weighted by atomic mass is 32.2. The first-order chi connectivity index (χ1) is 12.3. The number of benzene rings is 2. The lowest BCUT2D eigenvalue weighted by molar-refractivity contribution is 0.0693. The molecule has 0 saturated carbocycles. The fourth-order valence-corrected chi connectivity index (χ4v) is 3.45. The van der Waals surface area contributed by atoms with E-state index in [1.54, 1.807) is 0 Å². The molecular weight excluding hydrogens is 350 g/mol. The molecule has 2 rings (SSSR count). The Hall–Kier alpha value is -2.47. The molecule has 2 aromatic carbocycles.